The molecule has 0 aliphatic rings. The second-order valence-corrected chi connectivity index (χ2v) is 8.70. The Morgan fingerprint density at radius 3 is 2.96 bits per heavy atom. The minimum atomic E-state index is -0.235. The topological polar surface area (TPSA) is 56.5 Å². The van der Waals surface area contributed by atoms with E-state index in [9.17, 15) is 4.79 Å². The zero-order valence-corrected chi connectivity index (χ0v) is 17.3. The quantitative estimate of drug-likeness (QED) is 0.484. The van der Waals surface area contributed by atoms with E-state index in [-0.39, 0.29) is 5.91 Å². The molecule has 4 rings (SSSR count). The van der Waals surface area contributed by atoms with Gasteiger partial charge in [-0.2, -0.15) is 16.8 Å². The Morgan fingerprint density at radius 1 is 1.26 bits per heavy atom. The number of thiazole rings is 2. The first-order chi connectivity index (χ1) is 13.2. The van der Waals surface area contributed by atoms with Gasteiger partial charge >= 0.3 is 0 Å². The molecule has 27 heavy (non-hydrogen) atoms. The smallest absolute Gasteiger partial charge is 0.279 e. The molecule has 138 valence electrons. The molecule has 0 N–H and O–H groups in total. The minimum Gasteiger partial charge on any atom is -0.497 e. The van der Waals surface area contributed by atoms with E-state index in [1.807, 2.05) is 30.3 Å². The van der Waals surface area contributed by atoms with Crippen molar-refractivity contribution in [1.82, 2.24) is 9.55 Å². The lowest BCUT2D eigenvalue weighted by Crippen LogP contribution is -2.18. The SMILES string of the molecule is COc1ccc2sc(=NC(=O)c3ccc4ncsc4c3)n(CCSC)c2c1. The molecule has 0 atom stereocenters. The van der Waals surface area contributed by atoms with Gasteiger partial charge in [-0.25, -0.2) is 4.98 Å². The van der Waals surface area contributed by atoms with Crippen LogP contribution in [0.15, 0.2) is 46.9 Å². The highest BCUT2D eigenvalue weighted by Crippen LogP contribution is 2.24. The summed E-state index contributed by atoms with van der Waals surface area (Å²) in [6, 6.07) is 11.5. The highest BCUT2D eigenvalue weighted by atomic mass is 32.2. The molecule has 0 radical (unpaired) electrons. The number of carbonyl (C=O) groups is 1. The van der Waals surface area contributed by atoms with E-state index in [4.69, 9.17) is 4.74 Å². The highest BCUT2D eigenvalue weighted by Gasteiger charge is 2.11. The average Bonchev–Trinajstić information content (AvgIpc) is 3.29. The number of fused-ring (bicyclic) bond motifs is 2. The van der Waals surface area contributed by atoms with Gasteiger partial charge in [0, 0.05) is 23.9 Å². The van der Waals surface area contributed by atoms with Crippen molar-refractivity contribution in [3.8, 4) is 5.75 Å². The van der Waals surface area contributed by atoms with Crippen LogP contribution in [0.4, 0.5) is 0 Å². The Balaban J connectivity index is 1.81. The Kier molecular flexibility index (Phi) is 5.29. The molecule has 0 saturated carbocycles. The van der Waals surface area contributed by atoms with Crippen molar-refractivity contribution in [2.75, 3.05) is 19.1 Å². The molecular formula is C19H17N3O2S3. The second-order valence-electron chi connectivity index (χ2n) is 5.81. The van der Waals surface area contributed by atoms with Crippen LogP contribution in [0, 0.1) is 0 Å². The van der Waals surface area contributed by atoms with Gasteiger partial charge in [-0.3, -0.25) is 4.79 Å². The summed E-state index contributed by atoms with van der Waals surface area (Å²) >= 11 is 4.81. The van der Waals surface area contributed by atoms with E-state index in [0.717, 1.165) is 38.5 Å². The molecule has 2 heterocycles. The standard InChI is InChI=1S/C19H17N3O2S3/c1-24-13-4-6-16-15(10-13)22(7-8-25-2)19(27-16)21-18(23)12-3-5-14-17(9-12)26-11-20-14/h3-6,9-11H,7-8H2,1-2H3. The summed E-state index contributed by atoms with van der Waals surface area (Å²) in [5.41, 5.74) is 4.31. The van der Waals surface area contributed by atoms with E-state index in [0.29, 0.717) is 10.4 Å². The van der Waals surface area contributed by atoms with Gasteiger partial charge in [-0.1, -0.05) is 11.3 Å². The molecule has 0 spiro atoms. The lowest BCUT2D eigenvalue weighted by atomic mass is 10.2. The van der Waals surface area contributed by atoms with Gasteiger partial charge in [-0.05, 0) is 36.6 Å². The van der Waals surface area contributed by atoms with Gasteiger partial charge in [0.1, 0.15) is 5.75 Å². The van der Waals surface area contributed by atoms with Crippen molar-refractivity contribution in [3.63, 3.8) is 0 Å². The number of rotatable bonds is 5. The van der Waals surface area contributed by atoms with Crippen LogP contribution in [-0.2, 0) is 6.54 Å². The van der Waals surface area contributed by atoms with Crippen molar-refractivity contribution in [3.05, 3.63) is 52.3 Å². The number of benzene rings is 2. The van der Waals surface area contributed by atoms with Crippen LogP contribution >= 0.6 is 34.4 Å². The molecule has 0 fully saturated rings. The molecule has 0 bridgehead atoms. The van der Waals surface area contributed by atoms with Crippen LogP contribution in [0.5, 0.6) is 5.75 Å². The summed E-state index contributed by atoms with van der Waals surface area (Å²) in [5, 5.41) is 0. The largest absolute Gasteiger partial charge is 0.497 e. The maximum atomic E-state index is 12.8. The van der Waals surface area contributed by atoms with Gasteiger partial charge in [0.2, 0.25) is 0 Å². The minimum absolute atomic E-state index is 0.235. The lowest BCUT2D eigenvalue weighted by Gasteiger charge is -2.05. The number of hydrogen-bond donors (Lipinski definition) is 0. The van der Waals surface area contributed by atoms with E-state index >= 15 is 0 Å². The predicted molar refractivity (Wildman–Crippen MR) is 114 cm³/mol. The maximum Gasteiger partial charge on any atom is 0.279 e. The number of nitrogens with zero attached hydrogens (tertiary/aromatic N) is 3. The Morgan fingerprint density at radius 2 is 2.15 bits per heavy atom. The Bertz CT molecular complexity index is 1190. The molecule has 1 amide bonds. The van der Waals surface area contributed by atoms with Crippen molar-refractivity contribution in [2.45, 2.75) is 6.54 Å². The molecule has 0 unspecified atom stereocenters. The van der Waals surface area contributed by atoms with Crippen molar-refractivity contribution < 1.29 is 9.53 Å². The number of hydrogen-bond acceptors (Lipinski definition) is 6. The van der Waals surface area contributed by atoms with Gasteiger partial charge in [0.15, 0.2) is 4.80 Å². The first kappa shape index (κ1) is 18.2. The monoisotopic (exact) mass is 415 g/mol. The second kappa shape index (κ2) is 7.84. The van der Waals surface area contributed by atoms with Crippen molar-refractivity contribution in [2.24, 2.45) is 4.99 Å². The number of amides is 1. The summed E-state index contributed by atoms with van der Waals surface area (Å²) in [5.74, 6) is 1.51. The Labute approximate surface area is 168 Å². The van der Waals surface area contributed by atoms with Gasteiger partial charge in [0.05, 0.1) is 33.1 Å². The first-order valence-corrected chi connectivity index (χ1v) is 11.4. The third-order valence-electron chi connectivity index (χ3n) is 4.18. The third-order valence-corrected chi connectivity index (χ3v) is 6.63. The number of aromatic nitrogens is 2. The van der Waals surface area contributed by atoms with Crippen LogP contribution in [-0.4, -0.2) is 34.6 Å². The molecule has 2 aromatic carbocycles. The van der Waals surface area contributed by atoms with Gasteiger partial charge in [0.25, 0.3) is 5.91 Å². The van der Waals surface area contributed by atoms with E-state index in [1.54, 1.807) is 30.4 Å². The first-order valence-electron chi connectivity index (χ1n) is 8.28. The fraction of sp³-hybridized carbons (Fsp3) is 0.211. The zero-order chi connectivity index (χ0) is 18.8. The summed E-state index contributed by atoms with van der Waals surface area (Å²) in [6.07, 6.45) is 2.07. The third kappa shape index (κ3) is 3.65. The number of aryl methyl sites for hydroxylation is 1. The van der Waals surface area contributed by atoms with E-state index < -0.39 is 0 Å². The molecular weight excluding hydrogens is 398 g/mol. The number of carbonyl (C=O) groups excluding carboxylic acids is 1. The van der Waals surface area contributed by atoms with Gasteiger partial charge < -0.3 is 9.30 Å². The summed E-state index contributed by atoms with van der Waals surface area (Å²) in [4.78, 5) is 22.2. The zero-order valence-electron chi connectivity index (χ0n) is 14.8. The van der Waals surface area contributed by atoms with Gasteiger partial charge in [-0.15, -0.1) is 11.3 Å². The van der Waals surface area contributed by atoms with Crippen LogP contribution in [0.1, 0.15) is 10.4 Å². The van der Waals surface area contributed by atoms with E-state index in [2.05, 4.69) is 20.8 Å². The highest BCUT2D eigenvalue weighted by molar-refractivity contribution is 7.98. The fourth-order valence-electron chi connectivity index (χ4n) is 2.80. The molecule has 2 aromatic heterocycles. The number of thioether (sulfide) groups is 1. The average molecular weight is 416 g/mol. The van der Waals surface area contributed by atoms with Crippen LogP contribution in [0.2, 0.25) is 0 Å². The molecule has 0 aliphatic heterocycles. The molecule has 4 aromatic rings. The van der Waals surface area contributed by atoms with Crippen molar-refractivity contribution >= 4 is 60.8 Å². The Hall–Kier alpha value is -2.16. The molecule has 5 nitrogen and oxygen atoms in total. The normalized spacial score (nSPS) is 12.1. The molecule has 0 saturated heterocycles. The van der Waals surface area contributed by atoms with Crippen LogP contribution in [0.25, 0.3) is 20.4 Å². The number of ether oxygens (including phenoxy) is 1. The maximum absolute atomic E-state index is 12.8. The fourth-order valence-corrected chi connectivity index (χ4v) is 4.92. The van der Waals surface area contributed by atoms with Crippen LogP contribution in [0.3, 0.4) is 0 Å². The lowest BCUT2D eigenvalue weighted by molar-refractivity contribution is 0.0998. The summed E-state index contributed by atoms with van der Waals surface area (Å²) in [6.45, 7) is 0.786. The molecule has 0 aliphatic carbocycles. The van der Waals surface area contributed by atoms with Crippen molar-refractivity contribution in [1.29, 1.82) is 0 Å². The number of methoxy groups -OCH3 is 1. The van der Waals surface area contributed by atoms with E-state index in [1.165, 1.54) is 22.7 Å². The summed E-state index contributed by atoms with van der Waals surface area (Å²) < 4.78 is 9.54. The van der Waals surface area contributed by atoms with Crippen LogP contribution < -0.4 is 9.54 Å². The summed E-state index contributed by atoms with van der Waals surface area (Å²) in [7, 11) is 1.66. The molecule has 8 heteroatoms. The predicted octanol–water partition coefficient (Wildman–Crippen LogP) is 4.43.